The minimum atomic E-state index is -1.44. The first-order chi connectivity index (χ1) is 46.9. The number of nitrogens with zero attached hydrogens (tertiary/aromatic N) is 5. The number of carboxylic acids is 1. The fraction of sp³-hybridized carbons (Fsp3) is 0.429. The van der Waals surface area contributed by atoms with Gasteiger partial charge in [-0.2, -0.15) is 0 Å². The molecule has 0 unspecified atom stereocenters. The number of hydrogen-bond acceptors (Lipinski definition) is 22. The number of fused-ring (bicyclic) bond motifs is 6. The number of benzene rings is 4. The minimum absolute atomic E-state index is 0.0281. The van der Waals surface area contributed by atoms with E-state index in [1.807, 2.05) is 58.9 Å². The van der Waals surface area contributed by atoms with Gasteiger partial charge in [-0.05, 0) is 80.1 Å². The first kappa shape index (κ1) is 71.2. The van der Waals surface area contributed by atoms with Gasteiger partial charge in [0.2, 0.25) is 23.6 Å². The van der Waals surface area contributed by atoms with Crippen molar-refractivity contribution < 1.29 is 91.8 Å². The standard InChI is InChI=1S/C56H60N6O14S.C14H20N2O5/c1-31(2)50(48-23-32(3)61-76-48)54(69)62-29-39(65)25-45(62)53(68)60-44(34-5-7-35(8-6-34)51-33(4)59-30-77-51)28-49(66)57-15-17-71-19-21-73-22-20-72-18-16-58-52(67)36-9-12-41-40(24-36)55(70)75-56(41)42-13-10-37(63)26-46(42)74-47-27-38(64)11-14-43(47)56;1-7(2)12(11-4-8(3)15-21-11)13(18)16-6-9(17)5-10(16)14(19)20/h5-14,23-24,26-27,30-31,39,44-45,50,63-65H,15-22,25,28-29H2,1-4H3,(H,57,66)(H,58,67)(H,60,68);4,7,9-10,12,17H,5-6H2,1-3H3,(H,19,20)/t39-,44+,45+,50-;9-,10+,12-/m11/s1. The fourth-order valence-corrected chi connectivity index (χ4v) is 13.5. The second kappa shape index (κ2) is 31.3. The number of likely N-dealkylation sites (tertiary alicyclic amines) is 2. The van der Waals surface area contributed by atoms with Crippen LogP contribution in [0.3, 0.4) is 0 Å². The van der Waals surface area contributed by atoms with Crippen LogP contribution in [0.25, 0.3) is 10.4 Å². The Labute approximate surface area is 568 Å². The molecule has 4 aliphatic heterocycles. The van der Waals surface area contributed by atoms with Crippen LogP contribution in [0.15, 0.2) is 106 Å². The summed E-state index contributed by atoms with van der Waals surface area (Å²) in [6, 6.07) is 21.9. The molecule has 0 bridgehead atoms. The van der Waals surface area contributed by atoms with E-state index in [1.165, 1.54) is 51.5 Å². The lowest BCUT2D eigenvalue weighted by Gasteiger charge is -2.36. The summed E-state index contributed by atoms with van der Waals surface area (Å²) in [6.45, 7) is 14.8. The van der Waals surface area contributed by atoms with Crippen molar-refractivity contribution in [2.45, 2.75) is 115 Å². The van der Waals surface area contributed by atoms with Gasteiger partial charge in [0.1, 0.15) is 58.4 Å². The number of aromatic hydroxyl groups is 2. The van der Waals surface area contributed by atoms with E-state index in [-0.39, 0.29) is 149 Å². The molecule has 4 aliphatic rings. The predicted octanol–water partition coefficient (Wildman–Crippen LogP) is 6.71. The number of thiazole rings is 1. The molecule has 2 fully saturated rings. The number of hydrogen-bond donors (Lipinski definition) is 8. The summed E-state index contributed by atoms with van der Waals surface area (Å²) in [5, 5.41) is 66.4. The maximum Gasteiger partial charge on any atom is 0.340 e. The number of phenols is 2. The summed E-state index contributed by atoms with van der Waals surface area (Å²) >= 11 is 1.51. The number of β-amino-alcohol motifs (C(OH)–C–C–N with tert-alkyl or cyclic N) is 2. The number of carboxylic acid groups (broad SMARTS) is 1. The largest absolute Gasteiger partial charge is 0.508 e. The number of esters is 1. The number of aliphatic carboxylic acids is 1. The lowest BCUT2D eigenvalue weighted by Crippen LogP contribution is -2.49. The summed E-state index contributed by atoms with van der Waals surface area (Å²) in [6.07, 6.45) is -1.75. The highest BCUT2D eigenvalue weighted by Gasteiger charge is 2.54. The maximum absolute atomic E-state index is 14.1. The van der Waals surface area contributed by atoms with Gasteiger partial charge in [0, 0.05) is 85.5 Å². The van der Waals surface area contributed by atoms with Gasteiger partial charge in [0.25, 0.3) is 5.91 Å². The van der Waals surface area contributed by atoms with Gasteiger partial charge < -0.3 is 84.0 Å². The van der Waals surface area contributed by atoms with E-state index < -0.39 is 71.5 Å². The van der Waals surface area contributed by atoms with Crippen molar-refractivity contribution in [3.63, 3.8) is 0 Å². The molecular weight excluding hydrogens is 1290 g/mol. The molecule has 0 saturated carbocycles. The molecule has 0 aliphatic carbocycles. The Morgan fingerprint density at radius 3 is 1.69 bits per heavy atom. The number of aliphatic hydroxyl groups excluding tert-OH is 2. The Morgan fingerprint density at radius 1 is 0.663 bits per heavy atom. The SMILES string of the molecule is Cc1cc([C@H](C(=O)N2C[C@H](O)C[C@H]2C(=O)N[C@@H](CC(=O)NCCOCCOCCOCCNC(=O)c2ccc3c(c2)C(=O)OC32c3ccc(O)cc3Oc3cc(O)ccc32)c2ccc(-c3scnc3C)cc2)C(C)C)on1.Cc1cc([C@H](C(=O)N2C[C@H](O)C[C@H]2C(=O)O)C(C)C)on1. The van der Waals surface area contributed by atoms with Crippen molar-refractivity contribution in [2.24, 2.45) is 11.8 Å². The molecule has 5 amide bonds. The van der Waals surface area contributed by atoms with E-state index in [0.717, 1.165) is 16.1 Å². The second-order valence-corrected chi connectivity index (χ2v) is 26.1. The summed E-state index contributed by atoms with van der Waals surface area (Å²) in [7, 11) is 0. The zero-order chi connectivity index (χ0) is 70.1. The quantitative estimate of drug-likeness (QED) is 0.0206. The van der Waals surface area contributed by atoms with Crippen LogP contribution in [-0.4, -0.2) is 182 Å². The second-order valence-electron chi connectivity index (χ2n) is 25.2. The zero-order valence-corrected chi connectivity index (χ0v) is 56.0. The van der Waals surface area contributed by atoms with Crippen molar-refractivity contribution >= 4 is 52.8 Å². The number of rotatable bonds is 26. The number of amides is 5. The first-order valence-corrected chi connectivity index (χ1v) is 33.2. The number of phenolic OH excluding ortho intramolecular Hbond substituents is 2. The summed E-state index contributed by atoms with van der Waals surface area (Å²) in [4.78, 5) is 100. The number of aliphatic hydroxyl groups is 2. The van der Waals surface area contributed by atoms with Crippen LogP contribution in [0.5, 0.6) is 23.0 Å². The number of aromatic nitrogens is 3. The lowest BCUT2D eigenvalue weighted by atomic mass is 9.77. The van der Waals surface area contributed by atoms with Gasteiger partial charge in [-0.1, -0.05) is 68.3 Å². The van der Waals surface area contributed by atoms with Gasteiger partial charge in [0.05, 0.1) is 97.3 Å². The molecule has 7 atom stereocenters. The van der Waals surface area contributed by atoms with Crippen LogP contribution < -0.4 is 20.7 Å². The van der Waals surface area contributed by atoms with E-state index >= 15 is 0 Å². The van der Waals surface area contributed by atoms with Crippen LogP contribution in [0.2, 0.25) is 0 Å². The van der Waals surface area contributed by atoms with E-state index in [9.17, 15) is 59.1 Å². The molecular formula is C70H80N8O19S. The Bertz CT molecular complexity index is 3980. The molecule has 2 saturated heterocycles. The van der Waals surface area contributed by atoms with Crippen LogP contribution in [0.1, 0.15) is 136 Å². The monoisotopic (exact) mass is 1370 g/mol. The number of nitrogens with one attached hydrogen (secondary N) is 3. The Hall–Kier alpha value is -9.58. The van der Waals surface area contributed by atoms with E-state index in [0.29, 0.717) is 45.2 Å². The Morgan fingerprint density at radius 2 is 1.18 bits per heavy atom. The van der Waals surface area contributed by atoms with E-state index in [4.69, 9.17) is 32.7 Å². The molecule has 3 aromatic heterocycles. The van der Waals surface area contributed by atoms with Crippen molar-refractivity contribution in [3.8, 4) is 33.4 Å². The molecule has 4 aromatic carbocycles. The first-order valence-electron chi connectivity index (χ1n) is 32.3. The van der Waals surface area contributed by atoms with Crippen molar-refractivity contribution in [3.05, 3.63) is 158 Å². The molecule has 7 aromatic rings. The van der Waals surface area contributed by atoms with Gasteiger partial charge in [0.15, 0.2) is 5.60 Å². The Kier molecular flexibility index (Phi) is 22.7. The lowest BCUT2D eigenvalue weighted by molar-refractivity contribution is -0.149. The Balaban J connectivity index is 0.000000422. The van der Waals surface area contributed by atoms with Crippen molar-refractivity contribution in [1.82, 2.24) is 41.0 Å². The highest BCUT2D eigenvalue weighted by molar-refractivity contribution is 7.13. The molecule has 98 heavy (non-hydrogen) atoms. The molecule has 27 nitrogen and oxygen atoms in total. The van der Waals surface area contributed by atoms with Gasteiger partial charge in [-0.3, -0.25) is 24.0 Å². The maximum atomic E-state index is 14.1. The third kappa shape index (κ3) is 16.0. The zero-order valence-electron chi connectivity index (χ0n) is 55.2. The summed E-state index contributed by atoms with van der Waals surface area (Å²) in [5.41, 5.74) is 6.00. The van der Waals surface area contributed by atoms with Gasteiger partial charge in [-0.15, -0.1) is 11.3 Å². The van der Waals surface area contributed by atoms with Gasteiger partial charge in [-0.25, -0.2) is 14.6 Å². The van der Waals surface area contributed by atoms with Crippen molar-refractivity contribution in [2.75, 3.05) is 65.8 Å². The molecule has 7 heterocycles. The van der Waals surface area contributed by atoms with Crippen LogP contribution >= 0.6 is 11.3 Å². The van der Waals surface area contributed by atoms with Crippen LogP contribution in [0.4, 0.5) is 0 Å². The summed E-state index contributed by atoms with van der Waals surface area (Å²) < 4.78 is 39.7. The molecule has 1 spiro atoms. The molecule has 28 heteroatoms. The van der Waals surface area contributed by atoms with E-state index in [1.54, 1.807) is 55.8 Å². The smallest absolute Gasteiger partial charge is 0.340 e. The average molecular weight is 1370 g/mol. The van der Waals surface area contributed by atoms with Gasteiger partial charge >= 0.3 is 11.9 Å². The predicted molar refractivity (Wildman–Crippen MR) is 351 cm³/mol. The number of carbonyl (C=O) groups is 7. The number of carbonyl (C=O) groups excluding carboxylic acids is 6. The topological polar surface area (TPSA) is 374 Å². The average Bonchev–Trinajstić information content (AvgIpc) is 1.47. The van der Waals surface area contributed by atoms with Crippen LogP contribution in [-0.2, 0) is 48.5 Å². The molecule has 8 N–H and O–H groups in total. The number of aryl methyl sites for hydroxylation is 3. The van der Waals surface area contributed by atoms with E-state index in [2.05, 4.69) is 31.2 Å². The minimum Gasteiger partial charge on any atom is -0.508 e. The normalized spacial score (nSPS) is 18.2. The highest BCUT2D eigenvalue weighted by atomic mass is 32.1. The molecule has 11 rings (SSSR count). The number of ether oxygens (including phenoxy) is 5. The third-order valence-electron chi connectivity index (χ3n) is 17.4. The summed E-state index contributed by atoms with van der Waals surface area (Å²) in [5.74, 6) is -4.06. The highest BCUT2D eigenvalue weighted by Crippen LogP contribution is 2.57. The third-order valence-corrected chi connectivity index (χ3v) is 18.4. The van der Waals surface area contributed by atoms with Crippen molar-refractivity contribution in [1.29, 1.82) is 0 Å². The molecule has 0 radical (unpaired) electrons. The molecule has 520 valence electrons. The fourth-order valence-electron chi connectivity index (χ4n) is 12.7. The van der Waals surface area contributed by atoms with Crippen LogP contribution in [0, 0.1) is 32.6 Å².